The summed E-state index contributed by atoms with van der Waals surface area (Å²) in [6.07, 6.45) is 1.62. The summed E-state index contributed by atoms with van der Waals surface area (Å²) < 4.78 is 0. The average Bonchev–Trinajstić information content (AvgIpc) is 2.52. The van der Waals surface area contributed by atoms with Crippen LogP contribution in [0.1, 0.15) is 42.4 Å². The van der Waals surface area contributed by atoms with Crippen molar-refractivity contribution in [1.82, 2.24) is 10.4 Å². The van der Waals surface area contributed by atoms with Crippen LogP contribution in [0.25, 0.3) is 0 Å². The number of carbonyl (C=O) groups is 1. The standard InChI is InChI=1S/C17H20N4O/c1-17(2,3)13-9-7-12(8-10-13)16(22)21-20-15(18)14-6-4-5-11-19-14/h4-11H,1-3H3,(H2,18,20)(H,21,22). The number of aromatic nitrogens is 1. The van der Waals surface area contributed by atoms with Gasteiger partial charge in [0, 0.05) is 11.8 Å². The molecule has 2 rings (SSSR count). The number of nitrogens with one attached hydrogen (secondary N) is 1. The predicted octanol–water partition coefficient (Wildman–Crippen LogP) is 2.43. The molecule has 2 aromatic rings. The predicted molar refractivity (Wildman–Crippen MR) is 87.6 cm³/mol. The number of pyridine rings is 1. The van der Waals surface area contributed by atoms with Gasteiger partial charge in [-0.15, -0.1) is 0 Å². The van der Waals surface area contributed by atoms with E-state index in [9.17, 15) is 4.79 Å². The summed E-state index contributed by atoms with van der Waals surface area (Å²) in [5.74, 6) is -0.139. The van der Waals surface area contributed by atoms with Crippen LogP contribution in [0.15, 0.2) is 53.8 Å². The Morgan fingerprint density at radius 1 is 1.14 bits per heavy atom. The first-order valence-corrected chi connectivity index (χ1v) is 7.03. The maximum atomic E-state index is 12.0. The fourth-order valence-corrected chi connectivity index (χ4v) is 1.87. The van der Waals surface area contributed by atoms with Crippen molar-refractivity contribution in [2.75, 3.05) is 0 Å². The lowest BCUT2D eigenvalue weighted by atomic mass is 9.87. The molecule has 0 saturated heterocycles. The quantitative estimate of drug-likeness (QED) is 0.518. The van der Waals surface area contributed by atoms with Crippen molar-refractivity contribution in [1.29, 1.82) is 0 Å². The molecule has 1 aromatic heterocycles. The molecule has 0 saturated carbocycles. The summed E-state index contributed by atoms with van der Waals surface area (Å²) in [7, 11) is 0. The number of hydrogen-bond donors (Lipinski definition) is 2. The van der Waals surface area contributed by atoms with E-state index in [1.165, 1.54) is 5.56 Å². The Bertz CT molecular complexity index is 670. The van der Waals surface area contributed by atoms with Crippen LogP contribution in [0.3, 0.4) is 0 Å². The molecule has 5 nitrogen and oxygen atoms in total. The lowest BCUT2D eigenvalue weighted by Crippen LogP contribution is -2.24. The van der Waals surface area contributed by atoms with Crippen LogP contribution >= 0.6 is 0 Å². The van der Waals surface area contributed by atoms with Crippen LogP contribution in [-0.4, -0.2) is 16.7 Å². The molecular formula is C17H20N4O. The summed E-state index contributed by atoms with van der Waals surface area (Å²) in [4.78, 5) is 16.1. The normalized spacial score (nSPS) is 12.0. The third-order valence-electron chi connectivity index (χ3n) is 3.22. The molecule has 1 amide bonds. The molecule has 0 radical (unpaired) electrons. The zero-order valence-electron chi connectivity index (χ0n) is 13.0. The minimum absolute atomic E-state index is 0.0521. The first-order chi connectivity index (χ1) is 10.4. The number of nitrogens with two attached hydrogens (primary N) is 1. The second-order valence-corrected chi connectivity index (χ2v) is 5.98. The molecule has 114 valence electrons. The topological polar surface area (TPSA) is 80.4 Å². The maximum Gasteiger partial charge on any atom is 0.271 e. The number of rotatable bonds is 3. The van der Waals surface area contributed by atoms with E-state index in [4.69, 9.17) is 5.73 Å². The highest BCUT2D eigenvalue weighted by Gasteiger charge is 2.14. The van der Waals surface area contributed by atoms with Gasteiger partial charge >= 0.3 is 0 Å². The fourth-order valence-electron chi connectivity index (χ4n) is 1.87. The maximum absolute atomic E-state index is 12.0. The number of hydrogen-bond acceptors (Lipinski definition) is 3. The zero-order valence-corrected chi connectivity index (χ0v) is 13.0. The highest BCUT2D eigenvalue weighted by Crippen LogP contribution is 2.22. The van der Waals surface area contributed by atoms with E-state index in [0.717, 1.165) is 0 Å². The summed E-state index contributed by atoms with van der Waals surface area (Å²) in [5, 5.41) is 3.87. The summed E-state index contributed by atoms with van der Waals surface area (Å²) in [5.41, 5.74) is 10.5. The second kappa shape index (κ2) is 6.39. The molecule has 0 fully saturated rings. The molecule has 0 spiro atoms. The number of amides is 1. The van der Waals surface area contributed by atoms with Crippen molar-refractivity contribution < 1.29 is 4.79 Å². The van der Waals surface area contributed by atoms with Crippen molar-refractivity contribution in [3.8, 4) is 0 Å². The minimum atomic E-state index is -0.306. The van der Waals surface area contributed by atoms with E-state index in [1.807, 2.05) is 12.1 Å². The average molecular weight is 296 g/mol. The summed E-state index contributed by atoms with van der Waals surface area (Å²) in [6.45, 7) is 6.37. The molecular weight excluding hydrogens is 276 g/mol. The molecule has 0 bridgehead atoms. The number of carbonyl (C=O) groups excluding carboxylic acids is 1. The van der Waals surface area contributed by atoms with Gasteiger partial charge in [-0.1, -0.05) is 39.0 Å². The van der Waals surface area contributed by atoms with Gasteiger partial charge in [-0.2, -0.15) is 5.10 Å². The van der Waals surface area contributed by atoms with Crippen LogP contribution in [0, 0.1) is 0 Å². The Morgan fingerprint density at radius 3 is 2.36 bits per heavy atom. The van der Waals surface area contributed by atoms with Crippen LogP contribution < -0.4 is 11.2 Å². The van der Waals surface area contributed by atoms with Crippen molar-refractivity contribution >= 4 is 11.7 Å². The van der Waals surface area contributed by atoms with Crippen molar-refractivity contribution in [2.24, 2.45) is 10.8 Å². The van der Waals surface area contributed by atoms with Gasteiger partial charge in [-0.05, 0) is 35.2 Å². The number of hydrazone groups is 1. The molecule has 0 aliphatic rings. The van der Waals surface area contributed by atoms with Gasteiger partial charge in [-0.3, -0.25) is 9.78 Å². The molecule has 3 N–H and O–H groups in total. The van der Waals surface area contributed by atoms with Gasteiger partial charge < -0.3 is 5.73 Å². The Morgan fingerprint density at radius 2 is 1.82 bits per heavy atom. The fraction of sp³-hybridized carbons (Fsp3) is 0.235. The lowest BCUT2D eigenvalue weighted by molar-refractivity contribution is 0.0954. The smallest absolute Gasteiger partial charge is 0.271 e. The van der Waals surface area contributed by atoms with Gasteiger partial charge in [-0.25, -0.2) is 5.43 Å². The molecule has 5 heteroatoms. The summed E-state index contributed by atoms with van der Waals surface area (Å²) >= 11 is 0. The molecule has 22 heavy (non-hydrogen) atoms. The molecule has 0 atom stereocenters. The van der Waals surface area contributed by atoms with E-state index in [2.05, 4.69) is 36.3 Å². The Kier molecular flexibility index (Phi) is 4.56. The first-order valence-electron chi connectivity index (χ1n) is 7.03. The summed E-state index contributed by atoms with van der Waals surface area (Å²) in [6, 6.07) is 12.8. The SMILES string of the molecule is CC(C)(C)c1ccc(C(=O)N/N=C(\N)c2ccccn2)cc1. The molecule has 1 heterocycles. The third kappa shape index (κ3) is 3.91. The second-order valence-electron chi connectivity index (χ2n) is 5.98. The number of benzene rings is 1. The van der Waals surface area contributed by atoms with Gasteiger partial charge in [0.2, 0.25) is 0 Å². The van der Waals surface area contributed by atoms with Crippen LogP contribution in [0.5, 0.6) is 0 Å². The lowest BCUT2D eigenvalue weighted by Gasteiger charge is -2.18. The van der Waals surface area contributed by atoms with Crippen molar-refractivity contribution in [3.05, 3.63) is 65.5 Å². The van der Waals surface area contributed by atoms with E-state index >= 15 is 0 Å². The highest BCUT2D eigenvalue weighted by molar-refractivity contribution is 5.98. The molecule has 1 aromatic carbocycles. The van der Waals surface area contributed by atoms with E-state index in [1.54, 1.807) is 36.5 Å². The van der Waals surface area contributed by atoms with Crippen LogP contribution in [-0.2, 0) is 5.41 Å². The van der Waals surface area contributed by atoms with Crippen molar-refractivity contribution in [2.45, 2.75) is 26.2 Å². The minimum Gasteiger partial charge on any atom is -0.380 e. The van der Waals surface area contributed by atoms with E-state index in [-0.39, 0.29) is 17.2 Å². The van der Waals surface area contributed by atoms with Gasteiger partial charge in [0.1, 0.15) is 5.69 Å². The van der Waals surface area contributed by atoms with Gasteiger partial charge in [0.15, 0.2) is 5.84 Å². The largest absolute Gasteiger partial charge is 0.380 e. The van der Waals surface area contributed by atoms with Crippen LogP contribution in [0.4, 0.5) is 0 Å². The molecule has 0 aliphatic heterocycles. The van der Waals surface area contributed by atoms with Crippen LogP contribution in [0.2, 0.25) is 0 Å². The number of nitrogens with zero attached hydrogens (tertiary/aromatic N) is 2. The monoisotopic (exact) mass is 296 g/mol. The molecule has 0 unspecified atom stereocenters. The third-order valence-corrected chi connectivity index (χ3v) is 3.22. The zero-order chi connectivity index (χ0) is 16.2. The Balaban J connectivity index is 2.07. The first kappa shape index (κ1) is 15.7. The van der Waals surface area contributed by atoms with Gasteiger partial charge in [0.05, 0.1) is 0 Å². The Labute approximate surface area is 130 Å². The van der Waals surface area contributed by atoms with E-state index in [0.29, 0.717) is 11.3 Å². The van der Waals surface area contributed by atoms with E-state index < -0.39 is 0 Å². The highest BCUT2D eigenvalue weighted by atomic mass is 16.2. The Hall–Kier alpha value is -2.69. The van der Waals surface area contributed by atoms with Crippen molar-refractivity contribution in [3.63, 3.8) is 0 Å². The number of amidine groups is 1. The van der Waals surface area contributed by atoms with Gasteiger partial charge in [0.25, 0.3) is 5.91 Å². The molecule has 0 aliphatic carbocycles.